The minimum absolute atomic E-state index is 0.0217. The Morgan fingerprint density at radius 3 is 2.73 bits per heavy atom. The van der Waals surface area contributed by atoms with Crippen molar-refractivity contribution in [3.05, 3.63) is 0 Å². The van der Waals surface area contributed by atoms with Crippen molar-refractivity contribution in [2.24, 2.45) is 5.41 Å². The Bertz CT molecular complexity index is 321. The van der Waals surface area contributed by atoms with Crippen LogP contribution in [-0.2, 0) is 9.59 Å². The molecule has 0 aliphatic heterocycles. The number of hydrogen-bond donors (Lipinski definition) is 1. The third kappa shape index (κ3) is 2.45. The van der Waals surface area contributed by atoms with E-state index in [1.54, 1.807) is 0 Å². The lowest BCUT2D eigenvalue weighted by atomic mass is 9.68. The van der Waals surface area contributed by atoms with Crippen LogP contribution in [-0.4, -0.2) is 23.3 Å². The summed E-state index contributed by atoms with van der Waals surface area (Å²) in [6, 6.07) is 0. The minimum Gasteiger partial charge on any atom is -0.384 e. The fraction of sp³-hybridized carbons (Fsp3) is 0.667. The van der Waals surface area contributed by atoms with Gasteiger partial charge in [0.2, 0.25) is 0 Å². The Labute approximate surface area is 89.9 Å². The summed E-state index contributed by atoms with van der Waals surface area (Å²) in [5.41, 5.74) is -0.875. The molecule has 1 N–H and O–H groups in total. The Hall–Kier alpha value is -1.14. The van der Waals surface area contributed by atoms with E-state index >= 15 is 0 Å². The molecule has 0 saturated heterocycles. The lowest BCUT2D eigenvalue weighted by molar-refractivity contribution is -0.141. The average Bonchev–Trinajstić information content (AvgIpc) is 2.21. The minimum atomic E-state index is -0.875. The van der Waals surface area contributed by atoms with E-state index in [0.717, 1.165) is 12.8 Å². The second-order valence-electron chi connectivity index (χ2n) is 3.96. The summed E-state index contributed by atoms with van der Waals surface area (Å²) in [4.78, 5) is 23.4. The average molecular weight is 208 g/mol. The maximum atomic E-state index is 11.8. The maximum absolute atomic E-state index is 11.8. The Balaban J connectivity index is 2.86. The van der Waals surface area contributed by atoms with Crippen LogP contribution in [0.4, 0.5) is 0 Å². The van der Waals surface area contributed by atoms with Crippen LogP contribution in [0.2, 0.25) is 0 Å². The number of carbonyl (C=O) groups is 2. The van der Waals surface area contributed by atoms with E-state index in [2.05, 4.69) is 11.8 Å². The third-order valence-electron chi connectivity index (χ3n) is 3.06. The third-order valence-corrected chi connectivity index (χ3v) is 3.06. The van der Waals surface area contributed by atoms with Gasteiger partial charge >= 0.3 is 0 Å². The summed E-state index contributed by atoms with van der Waals surface area (Å²) in [6.45, 7) is 1.24. The van der Waals surface area contributed by atoms with Crippen molar-refractivity contribution in [2.75, 3.05) is 6.61 Å². The Morgan fingerprint density at radius 1 is 1.47 bits per heavy atom. The Kier molecular flexibility index (Phi) is 4.05. The standard InChI is InChI=1S/C12H16O3/c1-10(14)12(8-4-5-9-13)7-3-2-6-11(12)15/h13H,2-3,6-9H2,1H3. The molecular formula is C12H16O3. The summed E-state index contributed by atoms with van der Waals surface area (Å²) in [5, 5.41) is 8.54. The molecule has 15 heavy (non-hydrogen) atoms. The number of carbonyl (C=O) groups excluding carboxylic acids is 2. The largest absolute Gasteiger partial charge is 0.384 e. The van der Waals surface area contributed by atoms with E-state index in [1.807, 2.05) is 0 Å². The van der Waals surface area contributed by atoms with E-state index < -0.39 is 5.41 Å². The first-order valence-electron chi connectivity index (χ1n) is 5.24. The topological polar surface area (TPSA) is 54.4 Å². The summed E-state index contributed by atoms with van der Waals surface area (Å²) in [6.07, 6.45) is 3.15. The molecule has 0 spiro atoms. The molecule has 0 aromatic heterocycles. The van der Waals surface area contributed by atoms with Gasteiger partial charge in [-0.05, 0) is 19.8 Å². The molecule has 0 amide bonds. The van der Waals surface area contributed by atoms with Crippen LogP contribution < -0.4 is 0 Å². The van der Waals surface area contributed by atoms with Crippen LogP contribution >= 0.6 is 0 Å². The molecule has 1 saturated carbocycles. The van der Waals surface area contributed by atoms with Crippen LogP contribution in [0.3, 0.4) is 0 Å². The molecule has 3 heteroatoms. The van der Waals surface area contributed by atoms with Gasteiger partial charge in [0.25, 0.3) is 0 Å². The number of rotatable bonds is 2. The molecule has 1 aliphatic carbocycles. The highest BCUT2D eigenvalue weighted by molar-refractivity contribution is 6.06. The number of hydrogen-bond acceptors (Lipinski definition) is 3. The van der Waals surface area contributed by atoms with Gasteiger partial charge in [0, 0.05) is 12.8 Å². The summed E-state index contributed by atoms with van der Waals surface area (Å²) < 4.78 is 0. The zero-order chi connectivity index (χ0) is 11.3. The van der Waals surface area contributed by atoms with Crippen molar-refractivity contribution in [3.8, 4) is 11.8 Å². The fourth-order valence-electron chi connectivity index (χ4n) is 2.04. The van der Waals surface area contributed by atoms with Crippen molar-refractivity contribution in [2.45, 2.75) is 39.0 Å². The monoisotopic (exact) mass is 208 g/mol. The van der Waals surface area contributed by atoms with Crippen LogP contribution in [0.1, 0.15) is 39.0 Å². The fourth-order valence-corrected chi connectivity index (χ4v) is 2.04. The molecule has 3 nitrogen and oxygen atoms in total. The van der Waals surface area contributed by atoms with E-state index in [-0.39, 0.29) is 24.6 Å². The van der Waals surface area contributed by atoms with Gasteiger partial charge in [0.05, 0.1) is 5.41 Å². The highest BCUT2D eigenvalue weighted by Crippen LogP contribution is 2.36. The predicted octanol–water partition coefficient (Wildman–Crippen LogP) is 1.09. The molecule has 0 radical (unpaired) electrons. The SMILES string of the molecule is CC(=O)C1(CC#CCO)CCCCC1=O. The number of aliphatic hydroxyl groups excluding tert-OH is 1. The van der Waals surface area contributed by atoms with Crippen molar-refractivity contribution >= 4 is 11.6 Å². The first kappa shape index (κ1) is 11.9. The highest BCUT2D eigenvalue weighted by atomic mass is 16.2. The molecule has 1 fully saturated rings. The van der Waals surface area contributed by atoms with Crippen LogP contribution in [0.5, 0.6) is 0 Å². The van der Waals surface area contributed by atoms with Crippen molar-refractivity contribution in [3.63, 3.8) is 0 Å². The molecule has 1 aliphatic rings. The smallest absolute Gasteiger partial charge is 0.147 e. The predicted molar refractivity (Wildman–Crippen MR) is 56.1 cm³/mol. The second kappa shape index (κ2) is 5.09. The quantitative estimate of drug-likeness (QED) is 0.546. The lowest BCUT2D eigenvalue weighted by Gasteiger charge is -2.31. The Morgan fingerprint density at radius 2 is 2.20 bits per heavy atom. The molecular weight excluding hydrogens is 192 g/mol. The van der Waals surface area contributed by atoms with Crippen molar-refractivity contribution in [1.29, 1.82) is 0 Å². The van der Waals surface area contributed by atoms with E-state index in [1.165, 1.54) is 6.92 Å². The summed E-state index contributed by atoms with van der Waals surface area (Å²) >= 11 is 0. The van der Waals surface area contributed by atoms with Gasteiger partial charge in [-0.25, -0.2) is 0 Å². The van der Waals surface area contributed by atoms with Crippen LogP contribution in [0.25, 0.3) is 0 Å². The molecule has 82 valence electrons. The molecule has 0 bridgehead atoms. The molecule has 0 aromatic carbocycles. The zero-order valence-electron chi connectivity index (χ0n) is 9.01. The lowest BCUT2D eigenvalue weighted by Crippen LogP contribution is -2.40. The van der Waals surface area contributed by atoms with Gasteiger partial charge in [-0.1, -0.05) is 18.3 Å². The zero-order valence-corrected chi connectivity index (χ0v) is 9.01. The normalized spacial score (nSPS) is 25.6. The van der Waals surface area contributed by atoms with Crippen molar-refractivity contribution < 1.29 is 14.7 Å². The van der Waals surface area contributed by atoms with Gasteiger partial charge in [-0.2, -0.15) is 0 Å². The summed E-state index contributed by atoms with van der Waals surface area (Å²) in [5.74, 6) is 5.15. The first-order chi connectivity index (χ1) is 7.13. The van der Waals surface area contributed by atoms with Gasteiger partial charge in [0.1, 0.15) is 18.2 Å². The first-order valence-corrected chi connectivity index (χ1v) is 5.24. The van der Waals surface area contributed by atoms with Gasteiger partial charge in [-0.15, -0.1) is 0 Å². The van der Waals surface area contributed by atoms with Crippen molar-refractivity contribution in [1.82, 2.24) is 0 Å². The highest BCUT2D eigenvalue weighted by Gasteiger charge is 2.43. The van der Waals surface area contributed by atoms with Gasteiger partial charge in [-0.3, -0.25) is 9.59 Å². The number of ketones is 2. The maximum Gasteiger partial charge on any atom is 0.147 e. The van der Waals surface area contributed by atoms with E-state index in [0.29, 0.717) is 12.8 Å². The molecule has 0 aromatic rings. The molecule has 1 atom stereocenters. The summed E-state index contributed by atoms with van der Waals surface area (Å²) in [7, 11) is 0. The second-order valence-corrected chi connectivity index (χ2v) is 3.96. The number of aliphatic hydroxyl groups is 1. The molecule has 0 heterocycles. The number of Topliss-reactive ketones (excluding diaryl/α,β-unsaturated/α-hetero) is 2. The van der Waals surface area contributed by atoms with Gasteiger partial charge in [0.15, 0.2) is 0 Å². The van der Waals surface area contributed by atoms with Crippen LogP contribution in [0, 0.1) is 17.3 Å². The van der Waals surface area contributed by atoms with Crippen LogP contribution in [0.15, 0.2) is 0 Å². The van der Waals surface area contributed by atoms with Gasteiger partial charge < -0.3 is 5.11 Å². The van der Waals surface area contributed by atoms with E-state index in [9.17, 15) is 9.59 Å². The molecule has 1 rings (SSSR count). The van der Waals surface area contributed by atoms with E-state index in [4.69, 9.17) is 5.11 Å². The molecule has 1 unspecified atom stereocenters.